The molecule has 0 amide bonds. The van der Waals surface area contributed by atoms with Crippen molar-refractivity contribution in [2.45, 2.75) is 20.8 Å². The van der Waals surface area contributed by atoms with Crippen molar-refractivity contribution in [2.75, 3.05) is 5.32 Å². The van der Waals surface area contributed by atoms with Crippen molar-refractivity contribution in [1.29, 1.82) is 0 Å². The highest BCUT2D eigenvalue weighted by molar-refractivity contribution is 5.86. The van der Waals surface area contributed by atoms with E-state index in [0.717, 1.165) is 27.8 Å². The van der Waals surface area contributed by atoms with Gasteiger partial charge in [-0.05, 0) is 85.0 Å². The van der Waals surface area contributed by atoms with Gasteiger partial charge in [0.2, 0.25) is 5.95 Å². The number of rotatable bonds is 3. The van der Waals surface area contributed by atoms with E-state index in [1.165, 1.54) is 16.7 Å². The zero-order valence-electron chi connectivity index (χ0n) is 15.5. The van der Waals surface area contributed by atoms with Crippen LogP contribution in [0.5, 0.6) is 5.75 Å². The van der Waals surface area contributed by atoms with Crippen LogP contribution in [0.15, 0.2) is 54.6 Å². The average molecular weight is 358 g/mol. The average Bonchev–Trinajstić information content (AvgIpc) is 2.64. The maximum absolute atomic E-state index is 9.39. The second-order valence-electron chi connectivity index (χ2n) is 6.73. The van der Waals surface area contributed by atoms with Gasteiger partial charge >= 0.3 is 0 Å². The van der Waals surface area contributed by atoms with Crippen LogP contribution in [0.25, 0.3) is 22.2 Å². The molecule has 4 aromatic rings. The number of benzene rings is 3. The molecule has 0 fully saturated rings. The normalized spacial score (nSPS) is 10.9. The number of aryl methyl sites for hydroxylation is 3. The maximum Gasteiger partial charge on any atom is 0.247 e. The molecule has 3 aromatic carbocycles. The molecule has 0 aliphatic heterocycles. The van der Waals surface area contributed by atoms with Gasteiger partial charge in [0.1, 0.15) is 11.3 Å². The zero-order valence-corrected chi connectivity index (χ0v) is 15.5. The molecule has 2 N–H and O–H groups in total. The Bertz CT molecular complexity index is 1120. The second kappa shape index (κ2) is 6.68. The third-order valence-electron chi connectivity index (χ3n) is 4.64. The fourth-order valence-corrected chi connectivity index (χ4v) is 3.35. The van der Waals surface area contributed by atoms with Gasteiger partial charge in [-0.3, -0.25) is 0 Å². The van der Waals surface area contributed by atoms with Crippen LogP contribution in [-0.4, -0.2) is 20.3 Å². The van der Waals surface area contributed by atoms with Crippen molar-refractivity contribution in [2.24, 2.45) is 0 Å². The zero-order chi connectivity index (χ0) is 19.0. The van der Waals surface area contributed by atoms with Gasteiger partial charge in [0.15, 0.2) is 0 Å². The highest BCUT2D eigenvalue weighted by Gasteiger charge is 2.11. The molecule has 0 bridgehead atoms. The number of phenolic OH excluding ortho intramolecular Hbond substituents is 1. The highest BCUT2D eigenvalue weighted by Crippen LogP contribution is 2.31. The van der Waals surface area contributed by atoms with E-state index in [1.54, 1.807) is 24.3 Å². The van der Waals surface area contributed by atoms with Crippen LogP contribution in [0, 0.1) is 20.8 Å². The second-order valence-corrected chi connectivity index (χ2v) is 6.73. The van der Waals surface area contributed by atoms with E-state index in [4.69, 9.17) is 0 Å². The summed E-state index contributed by atoms with van der Waals surface area (Å²) < 4.78 is 0. The van der Waals surface area contributed by atoms with Gasteiger partial charge in [-0.15, -0.1) is 10.2 Å². The molecule has 0 unspecified atom stereocenters. The van der Waals surface area contributed by atoms with Gasteiger partial charge in [-0.25, -0.2) is 4.98 Å². The lowest BCUT2D eigenvalue weighted by atomic mass is 9.94. The highest BCUT2D eigenvalue weighted by atomic mass is 16.3. The minimum atomic E-state index is 0. The van der Waals surface area contributed by atoms with E-state index >= 15 is 0 Å². The Balaban J connectivity index is 0.00000225. The topological polar surface area (TPSA) is 70.9 Å². The van der Waals surface area contributed by atoms with Crippen molar-refractivity contribution < 1.29 is 6.53 Å². The fourth-order valence-electron chi connectivity index (χ4n) is 3.35. The SMILES string of the molecule is Cc1cccc(C)c1-c1cc(C)c2nc(Nc3ccc(O)cc3)nnc2c1.[HH]. The molecular weight excluding hydrogens is 336 g/mol. The Morgan fingerprint density at radius 1 is 0.852 bits per heavy atom. The smallest absolute Gasteiger partial charge is 0.247 e. The summed E-state index contributed by atoms with van der Waals surface area (Å²) >= 11 is 0. The van der Waals surface area contributed by atoms with E-state index < -0.39 is 0 Å². The summed E-state index contributed by atoms with van der Waals surface area (Å²) in [5.74, 6) is 0.643. The van der Waals surface area contributed by atoms with E-state index in [1.807, 2.05) is 13.0 Å². The molecule has 27 heavy (non-hydrogen) atoms. The Hall–Kier alpha value is -3.47. The van der Waals surface area contributed by atoms with Crippen molar-refractivity contribution in [3.8, 4) is 16.9 Å². The monoisotopic (exact) mass is 358 g/mol. The standard InChI is InChI=1S/C22H20N4O.H2/c1-13-5-4-6-14(2)20(13)16-11-15(3)21-19(12-16)25-26-22(24-21)23-17-7-9-18(27)10-8-17;/h4-12,27H,1-3H3,(H,23,24,26);1H. The Kier molecular flexibility index (Phi) is 4.20. The number of phenols is 1. The molecule has 0 aliphatic rings. The first kappa shape index (κ1) is 17.0. The van der Waals surface area contributed by atoms with E-state index in [2.05, 4.69) is 58.6 Å². The molecule has 136 valence electrons. The molecular formula is C22H22N4O. The predicted octanol–water partition coefficient (Wildman–Crippen LogP) is 5.31. The number of fused-ring (bicyclic) bond motifs is 1. The number of nitrogens with one attached hydrogen (secondary N) is 1. The molecule has 5 nitrogen and oxygen atoms in total. The molecule has 0 saturated heterocycles. The minimum absolute atomic E-state index is 0. The lowest BCUT2D eigenvalue weighted by molar-refractivity contribution is 0.475. The number of aromatic nitrogens is 3. The molecule has 0 atom stereocenters. The van der Waals surface area contributed by atoms with Gasteiger partial charge in [0.05, 0.1) is 5.52 Å². The van der Waals surface area contributed by atoms with Crippen molar-refractivity contribution >= 4 is 22.7 Å². The van der Waals surface area contributed by atoms with Crippen molar-refractivity contribution in [1.82, 2.24) is 15.2 Å². The van der Waals surface area contributed by atoms with Crippen molar-refractivity contribution in [3.63, 3.8) is 0 Å². The Morgan fingerprint density at radius 3 is 2.26 bits per heavy atom. The van der Waals surface area contributed by atoms with Gasteiger partial charge in [-0.2, -0.15) is 0 Å². The van der Waals surface area contributed by atoms with Crippen LogP contribution < -0.4 is 5.32 Å². The van der Waals surface area contributed by atoms with Crippen LogP contribution >= 0.6 is 0 Å². The third-order valence-corrected chi connectivity index (χ3v) is 4.64. The fraction of sp³-hybridized carbons (Fsp3) is 0.136. The molecule has 4 rings (SSSR count). The largest absolute Gasteiger partial charge is 0.508 e. The third kappa shape index (κ3) is 3.31. The van der Waals surface area contributed by atoms with E-state index in [9.17, 15) is 5.11 Å². The summed E-state index contributed by atoms with van der Waals surface area (Å²) in [7, 11) is 0. The predicted molar refractivity (Wildman–Crippen MR) is 110 cm³/mol. The van der Waals surface area contributed by atoms with Crippen molar-refractivity contribution in [3.05, 3.63) is 71.3 Å². The first-order valence-electron chi connectivity index (χ1n) is 8.79. The molecule has 1 aromatic heterocycles. The number of anilines is 2. The number of hydrogen-bond acceptors (Lipinski definition) is 5. The Labute approximate surface area is 159 Å². The van der Waals surface area contributed by atoms with Gasteiger partial charge in [-0.1, -0.05) is 18.2 Å². The molecule has 0 spiro atoms. The van der Waals surface area contributed by atoms with E-state index in [0.29, 0.717) is 5.95 Å². The molecule has 0 radical (unpaired) electrons. The quantitative estimate of drug-likeness (QED) is 0.486. The molecule has 5 heteroatoms. The molecule has 0 saturated carbocycles. The van der Waals surface area contributed by atoms with E-state index in [-0.39, 0.29) is 7.18 Å². The van der Waals surface area contributed by atoms with Crippen LogP contribution in [0.3, 0.4) is 0 Å². The van der Waals surface area contributed by atoms with Crippen LogP contribution in [0.2, 0.25) is 0 Å². The summed E-state index contributed by atoms with van der Waals surface area (Å²) in [5.41, 5.74) is 8.26. The number of aromatic hydroxyl groups is 1. The summed E-state index contributed by atoms with van der Waals surface area (Å²) in [4.78, 5) is 4.62. The van der Waals surface area contributed by atoms with Crippen LogP contribution in [0.1, 0.15) is 18.1 Å². The van der Waals surface area contributed by atoms with Crippen LogP contribution in [-0.2, 0) is 0 Å². The lowest BCUT2D eigenvalue weighted by Crippen LogP contribution is -2.01. The summed E-state index contributed by atoms with van der Waals surface area (Å²) in [6, 6.07) is 17.3. The summed E-state index contributed by atoms with van der Waals surface area (Å²) in [6.07, 6.45) is 0. The van der Waals surface area contributed by atoms with Crippen LogP contribution in [0.4, 0.5) is 11.6 Å². The minimum Gasteiger partial charge on any atom is -0.508 e. The Morgan fingerprint density at radius 2 is 1.56 bits per heavy atom. The lowest BCUT2D eigenvalue weighted by Gasteiger charge is -2.12. The van der Waals surface area contributed by atoms with Gasteiger partial charge in [0, 0.05) is 7.11 Å². The number of nitrogens with zero attached hydrogens (tertiary/aromatic N) is 3. The molecule has 1 heterocycles. The first-order chi connectivity index (χ1) is 13.0. The maximum atomic E-state index is 9.39. The summed E-state index contributed by atoms with van der Waals surface area (Å²) in [5, 5.41) is 21.1. The number of hydrogen-bond donors (Lipinski definition) is 2. The summed E-state index contributed by atoms with van der Waals surface area (Å²) in [6.45, 7) is 6.28. The van der Waals surface area contributed by atoms with Gasteiger partial charge < -0.3 is 10.4 Å². The molecule has 0 aliphatic carbocycles. The van der Waals surface area contributed by atoms with Gasteiger partial charge in [0.25, 0.3) is 0 Å². The first-order valence-corrected chi connectivity index (χ1v) is 8.79.